The molecule has 0 aliphatic rings. The van der Waals surface area contributed by atoms with Crippen LogP contribution in [0.15, 0.2) is 39.8 Å². The highest BCUT2D eigenvalue weighted by atomic mass is 79.9. The Labute approximate surface area is 150 Å². The molecular formula is C18H21BrFN3O. The summed E-state index contributed by atoms with van der Waals surface area (Å²) in [5, 5.41) is 0. The van der Waals surface area contributed by atoms with E-state index in [0.29, 0.717) is 15.9 Å². The van der Waals surface area contributed by atoms with Gasteiger partial charge in [0.15, 0.2) is 0 Å². The van der Waals surface area contributed by atoms with Gasteiger partial charge in [0, 0.05) is 19.2 Å². The zero-order valence-corrected chi connectivity index (χ0v) is 15.8. The molecule has 0 amide bonds. The predicted molar refractivity (Wildman–Crippen MR) is 98.6 cm³/mol. The summed E-state index contributed by atoms with van der Waals surface area (Å²) in [6.07, 6.45) is 1.31. The van der Waals surface area contributed by atoms with E-state index in [2.05, 4.69) is 25.9 Å². The van der Waals surface area contributed by atoms with Gasteiger partial charge in [0.25, 0.3) is 0 Å². The fraction of sp³-hybridized carbons (Fsp3) is 0.333. The number of aryl methyl sites for hydroxylation is 1. The van der Waals surface area contributed by atoms with Crippen LogP contribution in [0.4, 0.5) is 10.1 Å². The van der Waals surface area contributed by atoms with Crippen molar-refractivity contribution in [2.45, 2.75) is 26.9 Å². The molecule has 1 unspecified atom stereocenters. The maximum atomic E-state index is 13.9. The molecule has 1 aromatic heterocycles. The monoisotopic (exact) mass is 393 g/mol. The maximum absolute atomic E-state index is 13.9. The van der Waals surface area contributed by atoms with E-state index in [4.69, 9.17) is 4.74 Å². The number of hydrogen-bond acceptors (Lipinski definition) is 3. The molecule has 0 aliphatic heterocycles. The lowest BCUT2D eigenvalue weighted by molar-refractivity contribution is 0.210. The topological polar surface area (TPSA) is 37.7 Å². The maximum Gasteiger partial charge on any atom is 0.228 e. The first-order chi connectivity index (χ1) is 11.4. The van der Waals surface area contributed by atoms with Crippen LogP contribution < -0.4 is 4.74 Å². The van der Waals surface area contributed by atoms with E-state index in [1.165, 1.54) is 6.07 Å². The second-order valence-electron chi connectivity index (χ2n) is 5.48. The summed E-state index contributed by atoms with van der Waals surface area (Å²) in [5.41, 5.74) is 2.00. The summed E-state index contributed by atoms with van der Waals surface area (Å²) < 4.78 is 20.4. The summed E-state index contributed by atoms with van der Waals surface area (Å²) in [6, 6.07) is 8.43. The lowest BCUT2D eigenvalue weighted by Crippen LogP contribution is -2.14. The van der Waals surface area contributed by atoms with E-state index in [0.717, 1.165) is 17.9 Å². The molecule has 0 radical (unpaired) electrons. The molecule has 6 heteroatoms. The Bertz CT molecular complexity index is 736. The summed E-state index contributed by atoms with van der Waals surface area (Å²) in [4.78, 5) is 10.8. The Kier molecular flexibility index (Phi) is 6.31. The lowest BCUT2D eigenvalue weighted by atomic mass is 10.1. The van der Waals surface area contributed by atoms with Gasteiger partial charge in [-0.05, 0) is 48.8 Å². The quantitative estimate of drug-likeness (QED) is 0.509. The Morgan fingerprint density at radius 2 is 2.12 bits per heavy atom. The normalized spacial score (nSPS) is 12.4. The summed E-state index contributed by atoms with van der Waals surface area (Å²) in [5.74, 6) is 0.132. The lowest BCUT2D eigenvalue weighted by Gasteiger charge is -2.17. The molecule has 1 aromatic carbocycles. The van der Waals surface area contributed by atoms with Gasteiger partial charge in [-0.1, -0.05) is 18.2 Å². The van der Waals surface area contributed by atoms with Crippen LogP contribution in [0.5, 0.6) is 5.88 Å². The number of ether oxygens (including phenoxy) is 1. The minimum Gasteiger partial charge on any atom is -0.469 e. The van der Waals surface area contributed by atoms with Crippen molar-refractivity contribution in [2.24, 2.45) is 4.99 Å². The third-order valence-electron chi connectivity index (χ3n) is 3.63. The van der Waals surface area contributed by atoms with Crippen molar-refractivity contribution >= 4 is 28.0 Å². The van der Waals surface area contributed by atoms with Gasteiger partial charge < -0.3 is 9.64 Å². The number of hydrogen-bond donors (Lipinski definition) is 0. The zero-order chi connectivity index (χ0) is 17.7. The Balaban J connectivity index is 2.22. The predicted octanol–water partition coefficient (Wildman–Crippen LogP) is 5.04. The van der Waals surface area contributed by atoms with Gasteiger partial charge in [0.1, 0.15) is 11.9 Å². The molecule has 2 aromatic rings. The van der Waals surface area contributed by atoms with Gasteiger partial charge in [0.05, 0.1) is 22.2 Å². The molecule has 1 heterocycles. The summed E-state index contributed by atoms with van der Waals surface area (Å²) in [6.45, 7) is 6.59. The second kappa shape index (κ2) is 8.24. The first-order valence-electron chi connectivity index (χ1n) is 7.75. The second-order valence-corrected chi connectivity index (χ2v) is 6.33. The van der Waals surface area contributed by atoms with E-state index in [9.17, 15) is 4.39 Å². The zero-order valence-electron chi connectivity index (χ0n) is 14.3. The van der Waals surface area contributed by atoms with Crippen LogP contribution in [0.3, 0.4) is 0 Å². The molecule has 24 heavy (non-hydrogen) atoms. The molecule has 0 aliphatic carbocycles. The van der Waals surface area contributed by atoms with Gasteiger partial charge in [0.2, 0.25) is 5.88 Å². The van der Waals surface area contributed by atoms with Gasteiger partial charge in [-0.25, -0.2) is 14.4 Å². The number of aliphatic imine (C=N–C) groups is 1. The van der Waals surface area contributed by atoms with Crippen molar-refractivity contribution in [1.29, 1.82) is 0 Å². The molecule has 0 saturated carbocycles. The Morgan fingerprint density at radius 3 is 2.79 bits per heavy atom. The minimum absolute atomic E-state index is 0.290. The molecule has 128 valence electrons. The van der Waals surface area contributed by atoms with E-state index in [1.54, 1.807) is 31.5 Å². The average molecular weight is 394 g/mol. The van der Waals surface area contributed by atoms with Crippen LogP contribution in [0.25, 0.3) is 0 Å². The number of aromatic nitrogens is 1. The summed E-state index contributed by atoms with van der Waals surface area (Å²) in [7, 11) is 1.95. The average Bonchev–Trinajstić information content (AvgIpc) is 2.56. The standard InChI is InChI=1S/C18H21BrFN3O/c1-5-23(4)11-21-17-10-15(19)18(22-12(17)2)24-13(3)14-8-6-7-9-16(14)20/h6-11,13H,5H2,1-4H3/b21-11+. The highest BCUT2D eigenvalue weighted by molar-refractivity contribution is 9.10. The van der Waals surface area contributed by atoms with Crippen LogP contribution in [-0.2, 0) is 0 Å². The molecule has 0 spiro atoms. The fourth-order valence-corrected chi connectivity index (χ4v) is 2.44. The van der Waals surface area contributed by atoms with Crippen molar-refractivity contribution in [3.8, 4) is 5.88 Å². The van der Waals surface area contributed by atoms with Crippen LogP contribution in [0, 0.1) is 12.7 Å². The number of nitrogens with zero attached hydrogens (tertiary/aromatic N) is 3. The van der Waals surface area contributed by atoms with E-state index < -0.39 is 6.10 Å². The SMILES string of the molecule is CCN(C)/C=N/c1cc(Br)c(OC(C)c2ccccc2F)nc1C. The molecule has 0 fully saturated rings. The molecule has 0 N–H and O–H groups in total. The molecule has 4 nitrogen and oxygen atoms in total. The Hall–Kier alpha value is -1.95. The number of benzene rings is 1. The van der Waals surface area contributed by atoms with Gasteiger partial charge in [-0.2, -0.15) is 0 Å². The molecule has 0 saturated heterocycles. The van der Waals surface area contributed by atoms with Crippen LogP contribution in [-0.4, -0.2) is 29.8 Å². The van der Waals surface area contributed by atoms with Crippen molar-refractivity contribution < 1.29 is 9.13 Å². The molecule has 2 rings (SSSR count). The van der Waals surface area contributed by atoms with E-state index in [-0.39, 0.29) is 5.82 Å². The molecule has 1 atom stereocenters. The van der Waals surface area contributed by atoms with Crippen molar-refractivity contribution in [1.82, 2.24) is 9.88 Å². The number of rotatable bonds is 6. The minimum atomic E-state index is -0.449. The Morgan fingerprint density at radius 1 is 1.42 bits per heavy atom. The largest absolute Gasteiger partial charge is 0.469 e. The highest BCUT2D eigenvalue weighted by Gasteiger charge is 2.15. The highest BCUT2D eigenvalue weighted by Crippen LogP contribution is 2.32. The van der Waals surface area contributed by atoms with Crippen LogP contribution >= 0.6 is 15.9 Å². The third-order valence-corrected chi connectivity index (χ3v) is 4.20. The van der Waals surface area contributed by atoms with Crippen molar-refractivity contribution in [3.63, 3.8) is 0 Å². The third kappa shape index (κ3) is 4.54. The molecule has 0 bridgehead atoms. The van der Waals surface area contributed by atoms with Crippen molar-refractivity contribution in [3.05, 3.63) is 51.9 Å². The van der Waals surface area contributed by atoms with Crippen molar-refractivity contribution in [2.75, 3.05) is 13.6 Å². The molecular weight excluding hydrogens is 373 g/mol. The van der Waals surface area contributed by atoms with Gasteiger partial charge in [-0.15, -0.1) is 0 Å². The first kappa shape index (κ1) is 18.4. The summed E-state index contributed by atoms with van der Waals surface area (Å²) >= 11 is 3.46. The smallest absolute Gasteiger partial charge is 0.228 e. The fourth-order valence-electron chi connectivity index (χ4n) is 2.04. The number of pyridine rings is 1. The van der Waals surface area contributed by atoms with E-state index >= 15 is 0 Å². The van der Waals surface area contributed by atoms with Crippen LogP contribution in [0.2, 0.25) is 0 Å². The number of halogens is 2. The van der Waals surface area contributed by atoms with E-state index in [1.807, 2.05) is 31.9 Å². The van der Waals surface area contributed by atoms with Crippen LogP contribution in [0.1, 0.15) is 31.2 Å². The first-order valence-corrected chi connectivity index (χ1v) is 8.54. The van der Waals surface area contributed by atoms with Gasteiger partial charge >= 0.3 is 0 Å². The van der Waals surface area contributed by atoms with Gasteiger partial charge in [-0.3, -0.25) is 0 Å².